The standard InChI is InChI=1S/C32H35ClFN5O2/c1-20-28(37-10-8-32(19-37)9-11-39(32)31(2,3)4)15-22(18-35-20)25-17-23(34)16-24(29(25)40)21-6-7-27(26(33)14-21)38-13-12-36(5)30(38)41/h6-7,12-18,40H,8-11,19H2,1-5H3. The van der Waals surface area contributed by atoms with Crippen LogP contribution in [0.1, 0.15) is 39.3 Å². The van der Waals surface area contributed by atoms with Crippen LogP contribution in [0.2, 0.25) is 5.02 Å². The van der Waals surface area contributed by atoms with E-state index in [4.69, 9.17) is 11.6 Å². The number of phenolic OH excluding ortho intramolecular Hbond substituents is 1. The molecule has 0 aliphatic carbocycles. The summed E-state index contributed by atoms with van der Waals surface area (Å²) in [5.74, 6) is -0.538. The number of aromatic hydroxyl groups is 1. The van der Waals surface area contributed by atoms with Crippen molar-refractivity contribution in [3.8, 4) is 33.7 Å². The number of anilines is 1. The van der Waals surface area contributed by atoms with Crippen LogP contribution in [-0.2, 0) is 7.05 Å². The Morgan fingerprint density at radius 1 is 1.00 bits per heavy atom. The molecule has 0 saturated carbocycles. The highest BCUT2D eigenvalue weighted by Gasteiger charge is 2.52. The van der Waals surface area contributed by atoms with Gasteiger partial charge in [0.2, 0.25) is 0 Å². The van der Waals surface area contributed by atoms with Crippen molar-refractivity contribution in [3.05, 3.63) is 82.0 Å². The first-order valence-electron chi connectivity index (χ1n) is 13.9. The fourth-order valence-electron chi connectivity index (χ4n) is 6.62. The molecule has 2 aliphatic heterocycles. The van der Waals surface area contributed by atoms with Gasteiger partial charge in [0.05, 0.1) is 22.1 Å². The lowest BCUT2D eigenvalue weighted by atomic mass is 9.79. The van der Waals surface area contributed by atoms with E-state index in [1.54, 1.807) is 43.8 Å². The van der Waals surface area contributed by atoms with E-state index in [9.17, 15) is 9.90 Å². The highest BCUT2D eigenvalue weighted by Crippen LogP contribution is 2.46. The minimum atomic E-state index is -0.482. The van der Waals surface area contributed by atoms with Crippen molar-refractivity contribution in [1.29, 1.82) is 0 Å². The molecular weight excluding hydrogens is 541 g/mol. The van der Waals surface area contributed by atoms with Gasteiger partial charge < -0.3 is 14.6 Å². The Balaban J connectivity index is 1.35. The van der Waals surface area contributed by atoms with E-state index in [0.29, 0.717) is 33.0 Å². The van der Waals surface area contributed by atoms with E-state index in [0.717, 1.165) is 37.4 Å². The fourth-order valence-corrected chi connectivity index (χ4v) is 6.89. The van der Waals surface area contributed by atoms with Crippen LogP contribution in [0.25, 0.3) is 27.9 Å². The topological polar surface area (TPSA) is 66.5 Å². The minimum Gasteiger partial charge on any atom is -0.507 e. The molecule has 0 amide bonds. The summed E-state index contributed by atoms with van der Waals surface area (Å²) in [4.78, 5) is 22.1. The van der Waals surface area contributed by atoms with Crippen molar-refractivity contribution in [2.24, 2.45) is 7.05 Å². The second-order valence-corrected chi connectivity index (χ2v) is 12.8. The number of benzene rings is 2. The molecular formula is C32H35ClFN5O2. The van der Waals surface area contributed by atoms with Crippen LogP contribution in [0.4, 0.5) is 10.1 Å². The summed E-state index contributed by atoms with van der Waals surface area (Å²) >= 11 is 6.57. The lowest BCUT2D eigenvalue weighted by Gasteiger charge is -2.57. The first-order chi connectivity index (χ1) is 19.4. The van der Waals surface area contributed by atoms with Gasteiger partial charge in [-0.1, -0.05) is 17.7 Å². The third-order valence-corrected chi connectivity index (χ3v) is 9.07. The lowest BCUT2D eigenvalue weighted by molar-refractivity contribution is -0.0667. The van der Waals surface area contributed by atoms with E-state index >= 15 is 4.39 Å². The van der Waals surface area contributed by atoms with Crippen LogP contribution in [0.3, 0.4) is 0 Å². The first-order valence-corrected chi connectivity index (χ1v) is 14.3. The van der Waals surface area contributed by atoms with Gasteiger partial charge in [0.25, 0.3) is 0 Å². The Morgan fingerprint density at radius 2 is 1.71 bits per heavy atom. The van der Waals surface area contributed by atoms with Gasteiger partial charge >= 0.3 is 5.69 Å². The number of hydrogen-bond acceptors (Lipinski definition) is 5. The zero-order valence-corrected chi connectivity index (χ0v) is 24.8. The van der Waals surface area contributed by atoms with Crippen LogP contribution >= 0.6 is 11.6 Å². The molecule has 2 aromatic carbocycles. The van der Waals surface area contributed by atoms with E-state index in [1.165, 1.54) is 27.7 Å². The Bertz CT molecular complexity index is 1720. The molecule has 1 unspecified atom stereocenters. The number of imidazole rings is 1. The predicted molar refractivity (Wildman–Crippen MR) is 162 cm³/mol. The average molecular weight is 576 g/mol. The number of hydrogen-bond donors (Lipinski definition) is 1. The van der Waals surface area contributed by atoms with Crippen LogP contribution in [0.5, 0.6) is 5.75 Å². The van der Waals surface area contributed by atoms with Crippen molar-refractivity contribution in [1.82, 2.24) is 19.0 Å². The quantitative estimate of drug-likeness (QED) is 0.315. The summed E-state index contributed by atoms with van der Waals surface area (Å²) in [6, 6.07) is 9.70. The molecule has 7 nitrogen and oxygen atoms in total. The third-order valence-electron chi connectivity index (χ3n) is 8.77. The summed E-state index contributed by atoms with van der Waals surface area (Å²) in [7, 11) is 1.66. The minimum absolute atomic E-state index is 0.0560. The zero-order chi connectivity index (χ0) is 29.3. The number of nitrogens with zero attached hydrogens (tertiary/aromatic N) is 5. The maximum absolute atomic E-state index is 15.0. The fraction of sp³-hybridized carbons (Fsp3) is 0.375. The monoisotopic (exact) mass is 575 g/mol. The average Bonchev–Trinajstić information content (AvgIpc) is 3.49. The summed E-state index contributed by atoms with van der Waals surface area (Å²) in [5.41, 5.74) is 4.33. The van der Waals surface area contributed by atoms with Crippen LogP contribution in [-0.4, -0.2) is 54.8 Å². The number of likely N-dealkylation sites (tertiary alicyclic amines) is 1. The molecule has 2 aromatic heterocycles. The second kappa shape index (κ2) is 9.74. The van der Waals surface area contributed by atoms with Crippen molar-refractivity contribution in [2.75, 3.05) is 24.5 Å². The van der Waals surface area contributed by atoms with E-state index in [2.05, 4.69) is 35.6 Å². The molecule has 9 heteroatoms. The molecule has 0 radical (unpaired) electrons. The SMILES string of the molecule is Cc1ncc(-c2cc(F)cc(-c3ccc(-n4ccn(C)c4=O)c(Cl)c3)c2O)cc1N1CCC2(CCN2C(C)(C)C)C1. The summed E-state index contributed by atoms with van der Waals surface area (Å²) in [6.45, 7) is 11.8. The summed E-state index contributed by atoms with van der Waals surface area (Å²) in [5, 5.41) is 11.7. The van der Waals surface area contributed by atoms with Gasteiger partial charge in [-0.15, -0.1) is 0 Å². The predicted octanol–water partition coefficient (Wildman–Crippen LogP) is 6.16. The molecule has 1 N–H and O–H groups in total. The van der Waals surface area contributed by atoms with Gasteiger partial charge in [0, 0.05) is 73.0 Å². The van der Waals surface area contributed by atoms with Crippen molar-refractivity contribution in [2.45, 2.75) is 51.6 Å². The lowest BCUT2D eigenvalue weighted by Crippen LogP contribution is -2.67. The molecule has 4 aromatic rings. The Labute approximate surface area is 244 Å². The number of phenols is 1. The van der Waals surface area contributed by atoms with Crippen molar-refractivity contribution >= 4 is 17.3 Å². The van der Waals surface area contributed by atoms with Gasteiger partial charge in [-0.3, -0.25) is 14.5 Å². The Morgan fingerprint density at radius 3 is 2.32 bits per heavy atom. The van der Waals surface area contributed by atoms with Crippen LogP contribution in [0, 0.1) is 12.7 Å². The highest BCUT2D eigenvalue weighted by molar-refractivity contribution is 6.32. The van der Waals surface area contributed by atoms with Crippen LogP contribution < -0.4 is 10.6 Å². The molecule has 2 fully saturated rings. The molecule has 2 saturated heterocycles. The Hall–Kier alpha value is -3.62. The van der Waals surface area contributed by atoms with Crippen molar-refractivity contribution < 1.29 is 9.50 Å². The third kappa shape index (κ3) is 4.63. The van der Waals surface area contributed by atoms with Crippen molar-refractivity contribution in [3.63, 3.8) is 0 Å². The largest absolute Gasteiger partial charge is 0.507 e. The number of aryl methyl sites for hydroxylation is 2. The molecule has 4 heterocycles. The molecule has 41 heavy (non-hydrogen) atoms. The summed E-state index contributed by atoms with van der Waals surface area (Å²) in [6.07, 6.45) is 7.24. The van der Waals surface area contributed by atoms with Gasteiger partial charge in [0.1, 0.15) is 11.6 Å². The molecule has 214 valence electrons. The van der Waals surface area contributed by atoms with Gasteiger partial charge in [-0.2, -0.15) is 0 Å². The number of rotatable bonds is 4. The normalized spacial score (nSPS) is 19.2. The van der Waals surface area contributed by atoms with Crippen LogP contribution in [0.15, 0.2) is 59.8 Å². The molecule has 1 atom stereocenters. The highest BCUT2D eigenvalue weighted by atomic mass is 35.5. The smallest absolute Gasteiger partial charge is 0.332 e. The molecule has 0 bridgehead atoms. The zero-order valence-electron chi connectivity index (χ0n) is 24.1. The van der Waals surface area contributed by atoms with Gasteiger partial charge in [0.15, 0.2) is 0 Å². The maximum atomic E-state index is 15.0. The summed E-state index contributed by atoms with van der Waals surface area (Å²) < 4.78 is 17.9. The van der Waals surface area contributed by atoms with E-state index < -0.39 is 5.82 Å². The number of aromatic nitrogens is 3. The first kappa shape index (κ1) is 27.5. The van der Waals surface area contributed by atoms with Gasteiger partial charge in [-0.25, -0.2) is 9.18 Å². The molecule has 1 spiro atoms. The number of halogens is 2. The number of pyridine rings is 1. The maximum Gasteiger partial charge on any atom is 0.332 e. The van der Waals surface area contributed by atoms with E-state index in [-0.39, 0.29) is 22.5 Å². The molecule has 6 rings (SSSR count). The van der Waals surface area contributed by atoms with E-state index in [1.807, 2.05) is 13.0 Å². The van der Waals surface area contributed by atoms with Gasteiger partial charge in [-0.05, 0) is 76.4 Å². The second-order valence-electron chi connectivity index (χ2n) is 12.4. The Kier molecular flexibility index (Phi) is 6.54. The molecule has 2 aliphatic rings.